The van der Waals surface area contributed by atoms with Crippen molar-refractivity contribution in [1.29, 1.82) is 0 Å². The van der Waals surface area contributed by atoms with Gasteiger partial charge in [0.2, 0.25) is 17.8 Å². The van der Waals surface area contributed by atoms with E-state index < -0.39 is 5.91 Å². The Morgan fingerprint density at radius 1 is 1.12 bits per heavy atom. The smallest absolute Gasteiger partial charge is 0.253 e. The van der Waals surface area contributed by atoms with Gasteiger partial charge >= 0.3 is 0 Å². The fourth-order valence-corrected chi connectivity index (χ4v) is 3.78. The van der Waals surface area contributed by atoms with Crippen molar-refractivity contribution in [3.05, 3.63) is 72.4 Å². The van der Waals surface area contributed by atoms with Gasteiger partial charge in [-0.05, 0) is 55.3 Å². The molecule has 0 unspecified atom stereocenters. The topological polar surface area (TPSA) is 130 Å². The number of hydrogen-bond donors (Lipinski definition) is 3. The Balaban J connectivity index is 1.43. The van der Waals surface area contributed by atoms with Crippen molar-refractivity contribution >= 4 is 40.3 Å². The molecule has 0 bridgehead atoms. The maximum atomic E-state index is 13.0. The summed E-state index contributed by atoms with van der Waals surface area (Å²) in [6, 6.07) is 11.8. The molecule has 2 aromatic carbocycles. The van der Waals surface area contributed by atoms with E-state index in [-0.39, 0.29) is 17.9 Å². The molecule has 1 atom stereocenters. The van der Waals surface area contributed by atoms with Gasteiger partial charge in [0.1, 0.15) is 0 Å². The molecule has 0 aliphatic carbocycles. The third kappa shape index (κ3) is 5.15. The molecule has 3 aromatic rings. The van der Waals surface area contributed by atoms with Crippen LogP contribution in [0.3, 0.4) is 0 Å². The van der Waals surface area contributed by atoms with Crippen LogP contribution in [0.1, 0.15) is 33.6 Å². The second kappa shape index (κ2) is 9.47. The molecule has 2 heterocycles. The highest BCUT2D eigenvalue weighted by Crippen LogP contribution is 2.20. The van der Waals surface area contributed by atoms with Crippen LogP contribution in [0, 0.1) is 0 Å². The quantitative estimate of drug-likeness (QED) is 0.501. The summed E-state index contributed by atoms with van der Waals surface area (Å²) in [6.45, 7) is 4.59. The zero-order valence-electron chi connectivity index (χ0n) is 18.0. The van der Waals surface area contributed by atoms with Gasteiger partial charge in [0.25, 0.3) is 5.91 Å². The molecule has 1 fully saturated rings. The van der Waals surface area contributed by atoms with Crippen molar-refractivity contribution in [3.8, 4) is 0 Å². The lowest BCUT2D eigenvalue weighted by atomic mass is 10.0. The van der Waals surface area contributed by atoms with Gasteiger partial charge in [-0.1, -0.05) is 12.6 Å². The van der Waals surface area contributed by atoms with Crippen molar-refractivity contribution in [3.63, 3.8) is 0 Å². The Morgan fingerprint density at radius 2 is 1.88 bits per heavy atom. The third-order valence-electron chi connectivity index (χ3n) is 5.49. The Kier molecular flexibility index (Phi) is 6.30. The van der Waals surface area contributed by atoms with E-state index in [2.05, 4.69) is 27.2 Å². The number of likely N-dealkylation sites (tertiary alicyclic amines) is 1. The molecule has 4 N–H and O–H groups in total. The molecule has 1 aromatic heterocycles. The average Bonchev–Trinajstić information content (AvgIpc) is 2.83. The fraction of sp³-hybridized carbons (Fsp3) is 0.208. The monoisotopic (exact) mass is 444 g/mol. The van der Waals surface area contributed by atoms with Crippen molar-refractivity contribution in [2.45, 2.75) is 18.9 Å². The van der Waals surface area contributed by atoms with Crippen LogP contribution < -0.4 is 16.4 Å². The first-order valence-electron chi connectivity index (χ1n) is 10.6. The summed E-state index contributed by atoms with van der Waals surface area (Å²) in [7, 11) is 0. The van der Waals surface area contributed by atoms with Crippen LogP contribution in [0.5, 0.6) is 0 Å². The Hall–Kier alpha value is -4.27. The number of rotatable bonds is 6. The van der Waals surface area contributed by atoms with Crippen LogP contribution in [0.25, 0.3) is 10.9 Å². The summed E-state index contributed by atoms with van der Waals surface area (Å²) >= 11 is 0. The van der Waals surface area contributed by atoms with E-state index >= 15 is 0 Å². The molecule has 0 radical (unpaired) electrons. The van der Waals surface area contributed by atoms with Gasteiger partial charge in [0.05, 0.1) is 5.52 Å². The highest BCUT2D eigenvalue weighted by Gasteiger charge is 2.25. The van der Waals surface area contributed by atoms with E-state index in [0.29, 0.717) is 41.4 Å². The number of piperidine rings is 1. The summed E-state index contributed by atoms with van der Waals surface area (Å²) in [6.07, 6.45) is 4.60. The van der Waals surface area contributed by atoms with Crippen molar-refractivity contribution in [2.75, 3.05) is 23.7 Å². The summed E-state index contributed by atoms with van der Waals surface area (Å²) in [5.74, 6) is -0.456. The minimum atomic E-state index is -0.512. The van der Waals surface area contributed by atoms with Crippen molar-refractivity contribution < 1.29 is 14.4 Å². The van der Waals surface area contributed by atoms with E-state index in [1.807, 2.05) is 0 Å². The highest BCUT2D eigenvalue weighted by molar-refractivity contribution is 6.00. The van der Waals surface area contributed by atoms with E-state index in [1.54, 1.807) is 53.6 Å². The van der Waals surface area contributed by atoms with E-state index in [9.17, 15) is 14.4 Å². The van der Waals surface area contributed by atoms with Gasteiger partial charge in [0, 0.05) is 47.5 Å². The fourth-order valence-electron chi connectivity index (χ4n) is 3.78. The first-order chi connectivity index (χ1) is 15.9. The first-order valence-corrected chi connectivity index (χ1v) is 10.6. The van der Waals surface area contributed by atoms with Crippen LogP contribution in [0.4, 0.5) is 11.6 Å². The lowest BCUT2D eigenvalue weighted by Gasteiger charge is -2.33. The zero-order chi connectivity index (χ0) is 23.4. The molecule has 0 spiro atoms. The second-order valence-corrected chi connectivity index (χ2v) is 7.84. The molecule has 1 saturated heterocycles. The lowest BCUT2D eigenvalue weighted by molar-refractivity contribution is -0.111. The number of hydrogen-bond acceptors (Lipinski definition) is 6. The van der Waals surface area contributed by atoms with Gasteiger partial charge in [-0.15, -0.1) is 0 Å². The number of anilines is 2. The van der Waals surface area contributed by atoms with Crippen LogP contribution in [0.15, 0.2) is 61.3 Å². The summed E-state index contributed by atoms with van der Waals surface area (Å²) in [4.78, 5) is 46.5. The normalized spacial score (nSPS) is 15.6. The molecule has 3 amide bonds. The second-order valence-electron chi connectivity index (χ2n) is 7.84. The minimum Gasteiger partial charge on any atom is -0.366 e. The molecule has 168 valence electrons. The SMILES string of the molecule is C=CC(=O)Nc1ccc(C(=O)N2CCC[C@@H](Nc3ncc4ccc(C(N)=O)cc4n3)C2)cc1. The third-order valence-corrected chi connectivity index (χ3v) is 5.49. The predicted molar refractivity (Wildman–Crippen MR) is 126 cm³/mol. The number of nitrogens with two attached hydrogens (primary N) is 1. The number of aromatic nitrogens is 2. The zero-order valence-corrected chi connectivity index (χ0v) is 18.0. The maximum absolute atomic E-state index is 13.0. The Labute approximate surface area is 190 Å². The number of amides is 3. The molecule has 9 heteroatoms. The number of nitrogens with one attached hydrogen (secondary N) is 2. The number of benzene rings is 2. The van der Waals surface area contributed by atoms with Crippen molar-refractivity contribution in [2.24, 2.45) is 5.73 Å². The predicted octanol–water partition coefficient (Wildman–Crippen LogP) is 2.57. The van der Waals surface area contributed by atoms with Crippen LogP contribution in [-0.2, 0) is 4.79 Å². The molecule has 1 aliphatic heterocycles. The molecule has 0 saturated carbocycles. The van der Waals surface area contributed by atoms with E-state index in [4.69, 9.17) is 5.73 Å². The van der Waals surface area contributed by atoms with Gasteiger partial charge in [-0.3, -0.25) is 14.4 Å². The highest BCUT2D eigenvalue weighted by atomic mass is 16.2. The number of primary amides is 1. The van der Waals surface area contributed by atoms with Gasteiger partial charge < -0.3 is 21.3 Å². The standard InChI is InChI=1S/C24H24N6O3/c1-2-21(31)27-18-9-7-15(8-10-18)23(33)30-11-3-4-19(14-30)28-24-26-13-17-6-5-16(22(25)32)12-20(17)29-24/h2,5-10,12-13,19H,1,3-4,11,14H2,(H2,25,32)(H,27,31)(H,26,28,29)/t19-/m1/s1. The Bertz CT molecular complexity index is 1220. The molecular formula is C24H24N6O3. The summed E-state index contributed by atoms with van der Waals surface area (Å²) in [5.41, 5.74) is 7.52. The largest absolute Gasteiger partial charge is 0.366 e. The Morgan fingerprint density at radius 3 is 2.61 bits per heavy atom. The van der Waals surface area contributed by atoms with Gasteiger partial charge in [0.15, 0.2) is 0 Å². The average molecular weight is 444 g/mol. The first kappa shape index (κ1) is 21.9. The molecule has 4 rings (SSSR count). The van der Waals surface area contributed by atoms with Gasteiger partial charge in [-0.2, -0.15) is 0 Å². The molecule has 33 heavy (non-hydrogen) atoms. The van der Waals surface area contributed by atoms with Gasteiger partial charge in [-0.25, -0.2) is 9.97 Å². The van der Waals surface area contributed by atoms with E-state index in [1.165, 1.54) is 6.08 Å². The van der Waals surface area contributed by atoms with E-state index in [0.717, 1.165) is 18.2 Å². The molecule has 1 aliphatic rings. The number of nitrogens with zero attached hydrogens (tertiary/aromatic N) is 3. The van der Waals surface area contributed by atoms with Crippen LogP contribution >= 0.6 is 0 Å². The summed E-state index contributed by atoms with van der Waals surface area (Å²) < 4.78 is 0. The molecule has 9 nitrogen and oxygen atoms in total. The lowest BCUT2D eigenvalue weighted by Crippen LogP contribution is -2.45. The molecular weight excluding hydrogens is 420 g/mol. The van der Waals surface area contributed by atoms with Crippen LogP contribution in [0.2, 0.25) is 0 Å². The number of carbonyl (C=O) groups is 3. The number of carbonyl (C=O) groups excluding carboxylic acids is 3. The maximum Gasteiger partial charge on any atom is 0.253 e. The van der Waals surface area contributed by atoms with Crippen molar-refractivity contribution in [1.82, 2.24) is 14.9 Å². The number of fused-ring (bicyclic) bond motifs is 1. The van der Waals surface area contributed by atoms with Crippen LogP contribution in [-0.4, -0.2) is 51.7 Å². The summed E-state index contributed by atoms with van der Waals surface area (Å²) in [5, 5.41) is 6.77. The minimum absolute atomic E-state index is 0.00868.